The molecule has 1 aliphatic rings. The van der Waals surface area contributed by atoms with Crippen LogP contribution in [-0.2, 0) is 13.6 Å². The highest BCUT2D eigenvalue weighted by atomic mass is 32.1. The molecule has 1 aliphatic heterocycles. The average molecular weight is 333 g/mol. The van der Waals surface area contributed by atoms with E-state index in [0.29, 0.717) is 6.54 Å². The summed E-state index contributed by atoms with van der Waals surface area (Å²) in [5, 5.41) is 15.1. The summed E-state index contributed by atoms with van der Waals surface area (Å²) in [5.41, 5.74) is 0. The molecule has 3 rings (SSSR count). The molecule has 0 spiro atoms. The highest BCUT2D eigenvalue weighted by Gasteiger charge is 2.20. The van der Waals surface area contributed by atoms with Crippen LogP contribution in [0.2, 0.25) is 0 Å². The van der Waals surface area contributed by atoms with Crippen molar-refractivity contribution < 1.29 is 0 Å². The third-order valence-electron chi connectivity index (χ3n) is 4.20. The van der Waals surface area contributed by atoms with Gasteiger partial charge in [-0.2, -0.15) is 0 Å². The van der Waals surface area contributed by atoms with E-state index < -0.39 is 0 Å². The van der Waals surface area contributed by atoms with Crippen molar-refractivity contribution in [2.75, 3.05) is 38.1 Å². The molecule has 2 aromatic heterocycles. The minimum absolute atomic E-state index is 0.634. The number of anilines is 1. The maximum Gasteiger partial charge on any atom is 0.194 e. The number of hydrogen-bond donors (Lipinski definition) is 1. The number of hydrogen-bond acceptors (Lipinski definition) is 5. The minimum atomic E-state index is 0.634. The van der Waals surface area contributed by atoms with Crippen molar-refractivity contribution in [3.8, 4) is 0 Å². The Labute approximate surface area is 140 Å². The summed E-state index contributed by atoms with van der Waals surface area (Å²) in [6, 6.07) is 4.29. The summed E-state index contributed by atoms with van der Waals surface area (Å²) in [5.74, 6) is 2.76. The molecule has 0 atom stereocenters. The molecule has 0 bridgehead atoms. The number of nitrogens with zero attached hydrogens (tertiary/aromatic N) is 6. The predicted molar refractivity (Wildman–Crippen MR) is 94.0 cm³/mol. The Balaban J connectivity index is 1.54. The fourth-order valence-electron chi connectivity index (χ4n) is 2.68. The topological polar surface area (TPSA) is 61.6 Å². The van der Waals surface area contributed by atoms with Crippen LogP contribution < -0.4 is 10.2 Å². The molecule has 2 aromatic rings. The molecule has 0 unspecified atom stereocenters. The monoisotopic (exact) mass is 333 g/mol. The Kier molecular flexibility index (Phi) is 4.80. The average Bonchev–Trinajstić information content (AvgIpc) is 3.21. The number of aromatic nitrogens is 3. The van der Waals surface area contributed by atoms with E-state index in [4.69, 9.17) is 0 Å². The smallest absolute Gasteiger partial charge is 0.194 e. The van der Waals surface area contributed by atoms with Gasteiger partial charge in [-0.3, -0.25) is 4.99 Å². The molecule has 1 saturated heterocycles. The van der Waals surface area contributed by atoms with E-state index in [1.807, 2.05) is 25.6 Å². The van der Waals surface area contributed by atoms with Gasteiger partial charge in [0.05, 0.1) is 11.5 Å². The van der Waals surface area contributed by atoms with Gasteiger partial charge in [0.1, 0.15) is 5.82 Å². The van der Waals surface area contributed by atoms with E-state index >= 15 is 0 Å². The van der Waals surface area contributed by atoms with Crippen molar-refractivity contribution in [2.45, 2.75) is 13.5 Å². The van der Waals surface area contributed by atoms with Crippen LogP contribution in [0.1, 0.15) is 11.6 Å². The van der Waals surface area contributed by atoms with Crippen LogP contribution in [0.25, 0.3) is 0 Å². The fourth-order valence-corrected chi connectivity index (χ4v) is 3.47. The highest BCUT2D eigenvalue weighted by molar-refractivity contribution is 7.14. The molecule has 0 aliphatic carbocycles. The number of aliphatic imine (C=N–C) groups is 1. The molecule has 7 nitrogen and oxygen atoms in total. The maximum absolute atomic E-state index is 4.41. The van der Waals surface area contributed by atoms with E-state index in [2.05, 4.69) is 47.8 Å². The van der Waals surface area contributed by atoms with Gasteiger partial charge in [-0.15, -0.1) is 21.5 Å². The first kappa shape index (κ1) is 15.8. The molecule has 0 aromatic carbocycles. The number of piperazine rings is 1. The van der Waals surface area contributed by atoms with Crippen molar-refractivity contribution >= 4 is 22.3 Å². The van der Waals surface area contributed by atoms with Gasteiger partial charge in [-0.1, -0.05) is 0 Å². The van der Waals surface area contributed by atoms with E-state index in [1.165, 1.54) is 5.00 Å². The van der Waals surface area contributed by atoms with Gasteiger partial charge < -0.3 is 19.7 Å². The molecule has 23 heavy (non-hydrogen) atoms. The second-order valence-electron chi connectivity index (χ2n) is 5.55. The summed E-state index contributed by atoms with van der Waals surface area (Å²) in [6.07, 6.45) is 0. The first-order valence-corrected chi connectivity index (χ1v) is 8.66. The van der Waals surface area contributed by atoms with Crippen LogP contribution >= 0.6 is 11.3 Å². The van der Waals surface area contributed by atoms with E-state index in [0.717, 1.165) is 43.8 Å². The molecule has 1 fully saturated rings. The number of aryl methyl sites for hydroxylation is 1. The summed E-state index contributed by atoms with van der Waals surface area (Å²) in [6.45, 7) is 6.56. The van der Waals surface area contributed by atoms with Gasteiger partial charge >= 0.3 is 0 Å². The zero-order valence-electron chi connectivity index (χ0n) is 13.9. The SMILES string of the molecule is CN=C(NCc1nnc(C)n1C)N1CCN(c2cccs2)CC1. The number of nitrogens with one attached hydrogen (secondary N) is 1. The summed E-state index contributed by atoms with van der Waals surface area (Å²) in [4.78, 5) is 9.14. The Morgan fingerprint density at radius 2 is 2.09 bits per heavy atom. The molecule has 8 heteroatoms. The predicted octanol–water partition coefficient (Wildman–Crippen LogP) is 1.08. The van der Waals surface area contributed by atoms with Crippen molar-refractivity contribution in [1.29, 1.82) is 0 Å². The van der Waals surface area contributed by atoms with Crippen molar-refractivity contribution in [3.63, 3.8) is 0 Å². The van der Waals surface area contributed by atoms with Crippen LogP contribution in [0.5, 0.6) is 0 Å². The van der Waals surface area contributed by atoms with Crippen LogP contribution in [-0.4, -0.2) is 58.9 Å². The molecular weight excluding hydrogens is 310 g/mol. The van der Waals surface area contributed by atoms with Crippen LogP contribution in [0.15, 0.2) is 22.5 Å². The van der Waals surface area contributed by atoms with Crippen LogP contribution in [0, 0.1) is 6.92 Å². The number of thiophene rings is 1. The minimum Gasteiger partial charge on any atom is -0.360 e. The lowest BCUT2D eigenvalue weighted by Crippen LogP contribution is -2.52. The second-order valence-corrected chi connectivity index (χ2v) is 6.47. The third-order valence-corrected chi connectivity index (χ3v) is 5.13. The lowest BCUT2D eigenvalue weighted by Gasteiger charge is -2.36. The number of rotatable bonds is 3. The van der Waals surface area contributed by atoms with E-state index in [9.17, 15) is 0 Å². The largest absolute Gasteiger partial charge is 0.360 e. The van der Waals surface area contributed by atoms with Crippen molar-refractivity contribution in [3.05, 3.63) is 29.2 Å². The lowest BCUT2D eigenvalue weighted by molar-refractivity contribution is 0.372. The maximum atomic E-state index is 4.41. The summed E-state index contributed by atoms with van der Waals surface area (Å²) < 4.78 is 2.00. The van der Waals surface area contributed by atoms with Gasteiger partial charge in [0.15, 0.2) is 11.8 Å². The van der Waals surface area contributed by atoms with E-state index in [1.54, 1.807) is 11.3 Å². The normalized spacial score (nSPS) is 16.0. The molecule has 124 valence electrons. The first-order chi connectivity index (χ1) is 11.2. The Morgan fingerprint density at radius 3 is 2.65 bits per heavy atom. The highest BCUT2D eigenvalue weighted by Crippen LogP contribution is 2.22. The molecule has 0 radical (unpaired) electrons. The molecule has 0 saturated carbocycles. The van der Waals surface area contributed by atoms with E-state index in [-0.39, 0.29) is 0 Å². The molecule has 3 heterocycles. The van der Waals surface area contributed by atoms with Crippen LogP contribution in [0.4, 0.5) is 5.00 Å². The first-order valence-electron chi connectivity index (χ1n) is 7.78. The molecule has 1 N–H and O–H groups in total. The zero-order chi connectivity index (χ0) is 16.2. The van der Waals surface area contributed by atoms with Gasteiger partial charge in [0.2, 0.25) is 0 Å². The third kappa shape index (κ3) is 3.47. The quantitative estimate of drug-likeness (QED) is 0.673. The van der Waals surface area contributed by atoms with Gasteiger partial charge in [-0.25, -0.2) is 0 Å². The Morgan fingerprint density at radius 1 is 1.30 bits per heavy atom. The second kappa shape index (κ2) is 6.99. The Bertz CT molecular complexity index is 653. The van der Waals surface area contributed by atoms with Crippen LogP contribution in [0.3, 0.4) is 0 Å². The molecular formula is C15H23N7S. The zero-order valence-corrected chi connectivity index (χ0v) is 14.7. The number of guanidine groups is 1. The van der Waals surface area contributed by atoms with Gasteiger partial charge in [0, 0.05) is 40.3 Å². The van der Waals surface area contributed by atoms with Crippen molar-refractivity contribution in [2.24, 2.45) is 12.0 Å². The van der Waals surface area contributed by atoms with Gasteiger partial charge in [0.25, 0.3) is 0 Å². The lowest BCUT2D eigenvalue weighted by atomic mass is 10.3. The fraction of sp³-hybridized carbons (Fsp3) is 0.533. The Hall–Kier alpha value is -2.09. The summed E-state index contributed by atoms with van der Waals surface area (Å²) >= 11 is 1.80. The molecule has 0 amide bonds. The van der Waals surface area contributed by atoms with Crippen molar-refractivity contribution in [1.82, 2.24) is 25.0 Å². The summed E-state index contributed by atoms with van der Waals surface area (Å²) in [7, 11) is 3.81. The standard InChI is InChI=1S/C15H23N7S/c1-12-18-19-13(20(12)3)11-17-15(16-2)22-8-6-21(7-9-22)14-5-4-10-23-14/h4-5,10H,6-9,11H2,1-3H3,(H,16,17). The van der Waals surface area contributed by atoms with Gasteiger partial charge in [-0.05, 0) is 24.4 Å².